The average Bonchev–Trinajstić information content (AvgIpc) is 2.92. The number of allylic oxidation sites excluding steroid dienone is 1. The molecule has 0 radical (unpaired) electrons. The van der Waals surface area contributed by atoms with Gasteiger partial charge >= 0.3 is 0 Å². The SMILES string of the molecule is CCCS(=O)(=O)C(C#N)=Cc1sccc1Oc1ccccc1. The van der Waals surface area contributed by atoms with Crippen LogP contribution in [0.5, 0.6) is 11.5 Å². The maximum absolute atomic E-state index is 12.0. The maximum atomic E-state index is 12.0. The molecule has 0 aliphatic heterocycles. The van der Waals surface area contributed by atoms with E-state index in [-0.39, 0.29) is 10.7 Å². The van der Waals surface area contributed by atoms with Crippen LogP contribution in [-0.4, -0.2) is 14.2 Å². The Morgan fingerprint density at radius 3 is 2.68 bits per heavy atom. The molecule has 2 rings (SSSR count). The summed E-state index contributed by atoms with van der Waals surface area (Å²) in [6, 6.07) is 12.7. The molecule has 1 heterocycles. The highest BCUT2D eigenvalue weighted by Crippen LogP contribution is 2.32. The number of thiophene rings is 1. The monoisotopic (exact) mass is 333 g/mol. The van der Waals surface area contributed by atoms with Crippen LogP contribution in [0.1, 0.15) is 18.2 Å². The van der Waals surface area contributed by atoms with Gasteiger partial charge in [0.25, 0.3) is 0 Å². The number of hydrogen-bond donors (Lipinski definition) is 0. The first-order valence-electron chi connectivity index (χ1n) is 6.71. The van der Waals surface area contributed by atoms with Crippen molar-refractivity contribution in [2.24, 2.45) is 0 Å². The van der Waals surface area contributed by atoms with E-state index in [0.29, 0.717) is 22.8 Å². The van der Waals surface area contributed by atoms with Crippen LogP contribution >= 0.6 is 11.3 Å². The second-order valence-electron chi connectivity index (χ2n) is 4.50. The van der Waals surface area contributed by atoms with E-state index in [9.17, 15) is 8.42 Å². The molecule has 1 aromatic heterocycles. The van der Waals surface area contributed by atoms with Crippen LogP contribution in [0.4, 0.5) is 0 Å². The molecule has 6 heteroatoms. The molecule has 0 unspecified atom stereocenters. The van der Waals surface area contributed by atoms with E-state index in [1.165, 1.54) is 17.4 Å². The van der Waals surface area contributed by atoms with Crippen molar-refractivity contribution in [3.05, 3.63) is 51.6 Å². The minimum atomic E-state index is -3.54. The van der Waals surface area contributed by atoms with Crippen LogP contribution in [0.25, 0.3) is 6.08 Å². The average molecular weight is 333 g/mol. The molecule has 0 saturated heterocycles. The Kier molecular flexibility index (Phi) is 5.36. The molecular weight excluding hydrogens is 318 g/mol. The summed E-state index contributed by atoms with van der Waals surface area (Å²) in [6.45, 7) is 1.77. The first kappa shape index (κ1) is 16.3. The highest BCUT2D eigenvalue weighted by molar-refractivity contribution is 7.95. The molecule has 4 nitrogen and oxygen atoms in total. The number of sulfone groups is 1. The van der Waals surface area contributed by atoms with Crippen molar-refractivity contribution in [2.75, 3.05) is 5.75 Å². The number of para-hydroxylation sites is 1. The summed E-state index contributed by atoms with van der Waals surface area (Å²) in [4.78, 5) is 0.384. The van der Waals surface area contributed by atoms with Crippen molar-refractivity contribution in [2.45, 2.75) is 13.3 Å². The van der Waals surface area contributed by atoms with Gasteiger partial charge in [-0.2, -0.15) is 5.26 Å². The number of hydrogen-bond acceptors (Lipinski definition) is 5. The van der Waals surface area contributed by atoms with Crippen molar-refractivity contribution >= 4 is 27.3 Å². The molecule has 0 fully saturated rings. The third-order valence-corrected chi connectivity index (χ3v) is 5.48. The molecule has 0 saturated carbocycles. The van der Waals surface area contributed by atoms with Gasteiger partial charge in [-0.05, 0) is 36.1 Å². The summed E-state index contributed by atoms with van der Waals surface area (Å²) in [7, 11) is -3.54. The zero-order valence-electron chi connectivity index (χ0n) is 12.0. The van der Waals surface area contributed by atoms with Crippen LogP contribution in [0.3, 0.4) is 0 Å². The van der Waals surface area contributed by atoms with E-state index in [4.69, 9.17) is 10.00 Å². The lowest BCUT2D eigenvalue weighted by Gasteiger charge is -2.05. The Hall–Kier alpha value is -2.10. The fourth-order valence-corrected chi connectivity index (χ4v) is 3.82. The van der Waals surface area contributed by atoms with Crippen LogP contribution in [0.2, 0.25) is 0 Å². The van der Waals surface area contributed by atoms with Crippen LogP contribution in [0.15, 0.2) is 46.7 Å². The third-order valence-electron chi connectivity index (χ3n) is 2.81. The Balaban J connectivity index is 2.33. The highest BCUT2D eigenvalue weighted by atomic mass is 32.2. The minimum absolute atomic E-state index is 0.0351. The summed E-state index contributed by atoms with van der Waals surface area (Å²) in [5.41, 5.74) is 0. The summed E-state index contributed by atoms with van der Waals surface area (Å²) < 4.78 is 29.8. The highest BCUT2D eigenvalue weighted by Gasteiger charge is 2.18. The summed E-state index contributed by atoms with van der Waals surface area (Å²) in [5, 5.41) is 10.9. The lowest BCUT2D eigenvalue weighted by atomic mass is 10.3. The second-order valence-corrected chi connectivity index (χ2v) is 7.53. The Morgan fingerprint density at radius 2 is 2.05 bits per heavy atom. The van der Waals surface area contributed by atoms with Gasteiger partial charge in [-0.3, -0.25) is 0 Å². The second kappa shape index (κ2) is 7.25. The van der Waals surface area contributed by atoms with Gasteiger partial charge in [-0.15, -0.1) is 11.3 Å². The fourth-order valence-electron chi connectivity index (χ4n) is 1.80. The van der Waals surface area contributed by atoms with E-state index in [1.807, 2.05) is 30.3 Å². The zero-order chi connectivity index (χ0) is 16.0. The Bertz CT molecular complexity index is 799. The van der Waals surface area contributed by atoms with Gasteiger partial charge < -0.3 is 4.74 Å². The van der Waals surface area contributed by atoms with Gasteiger partial charge in [0.2, 0.25) is 0 Å². The molecular formula is C16H15NO3S2. The van der Waals surface area contributed by atoms with Crippen LogP contribution in [0, 0.1) is 11.3 Å². The first-order valence-corrected chi connectivity index (χ1v) is 9.25. The molecule has 0 aliphatic rings. The smallest absolute Gasteiger partial charge is 0.188 e. The fraction of sp³-hybridized carbons (Fsp3) is 0.188. The normalized spacial score (nSPS) is 11.9. The van der Waals surface area contributed by atoms with E-state index in [1.54, 1.807) is 24.4 Å². The van der Waals surface area contributed by atoms with Crippen LogP contribution in [-0.2, 0) is 9.84 Å². The first-order chi connectivity index (χ1) is 10.6. The largest absolute Gasteiger partial charge is 0.456 e. The number of nitriles is 1. The van der Waals surface area contributed by atoms with Crippen LogP contribution < -0.4 is 4.74 Å². The third kappa shape index (κ3) is 3.97. The van der Waals surface area contributed by atoms with Gasteiger partial charge in [-0.25, -0.2) is 8.42 Å². The molecule has 0 aliphatic carbocycles. The van der Waals surface area contributed by atoms with Crippen molar-refractivity contribution in [3.63, 3.8) is 0 Å². The molecule has 114 valence electrons. The minimum Gasteiger partial charge on any atom is -0.456 e. The van der Waals surface area contributed by atoms with Crippen molar-refractivity contribution in [1.82, 2.24) is 0 Å². The molecule has 2 aromatic rings. The van der Waals surface area contributed by atoms with Gasteiger partial charge in [0.1, 0.15) is 22.5 Å². The van der Waals surface area contributed by atoms with Gasteiger partial charge in [0, 0.05) is 0 Å². The lowest BCUT2D eigenvalue weighted by molar-refractivity contribution is 0.484. The molecule has 1 aromatic carbocycles. The van der Waals surface area contributed by atoms with Crippen molar-refractivity contribution in [3.8, 4) is 17.6 Å². The van der Waals surface area contributed by atoms with Gasteiger partial charge in [0.05, 0.1) is 10.6 Å². The molecule has 22 heavy (non-hydrogen) atoms. The number of ether oxygens (including phenoxy) is 1. The Morgan fingerprint density at radius 1 is 1.32 bits per heavy atom. The topological polar surface area (TPSA) is 67.2 Å². The molecule has 0 atom stereocenters. The van der Waals surface area contributed by atoms with Crippen molar-refractivity contribution in [1.29, 1.82) is 5.26 Å². The lowest BCUT2D eigenvalue weighted by Crippen LogP contribution is -2.07. The van der Waals surface area contributed by atoms with E-state index < -0.39 is 9.84 Å². The van der Waals surface area contributed by atoms with Gasteiger partial charge in [-0.1, -0.05) is 25.1 Å². The Labute approximate surface area is 134 Å². The molecule has 0 bridgehead atoms. The van der Waals surface area contributed by atoms with Gasteiger partial charge in [0.15, 0.2) is 9.84 Å². The molecule has 0 N–H and O–H groups in total. The summed E-state index contributed by atoms with van der Waals surface area (Å²) >= 11 is 1.33. The zero-order valence-corrected chi connectivity index (χ0v) is 13.7. The predicted molar refractivity (Wildman–Crippen MR) is 88.5 cm³/mol. The van der Waals surface area contributed by atoms with E-state index in [2.05, 4.69) is 0 Å². The van der Waals surface area contributed by atoms with E-state index in [0.717, 1.165) is 0 Å². The number of nitrogens with zero attached hydrogens (tertiary/aromatic N) is 1. The van der Waals surface area contributed by atoms with Crippen molar-refractivity contribution < 1.29 is 13.2 Å². The molecule has 0 spiro atoms. The quantitative estimate of drug-likeness (QED) is 0.742. The van der Waals surface area contributed by atoms with E-state index >= 15 is 0 Å². The summed E-state index contributed by atoms with van der Waals surface area (Å²) in [6.07, 6.45) is 1.85. The number of rotatable bonds is 6. The molecule has 0 amide bonds. The standard InChI is InChI=1S/C16H15NO3S2/c1-2-10-22(18,19)14(12-17)11-16-15(8-9-21-16)20-13-6-4-3-5-7-13/h3-9,11H,2,10H2,1H3. The summed E-state index contributed by atoms with van der Waals surface area (Å²) in [5.74, 6) is 1.16. The predicted octanol–water partition coefficient (Wildman–Crippen LogP) is 4.23. The number of benzene rings is 1. The maximum Gasteiger partial charge on any atom is 0.188 e.